The Kier molecular flexibility index (Phi) is 6.31. The Hall–Kier alpha value is -4.26. The van der Waals surface area contributed by atoms with E-state index in [-0.39, 0.29) is 18.0 Å². The summed E-state index contributed by atoms with van der Waals surface area (Å²) in [6.45, 7) is 0.287. The third-order valence-corrected chi connectivity index (χ3v) is 5.42. The van der Waals surface area contributed by atoms with Crippen LogP contribution in [0.5, 0.6) is 17.2 Å². The minimum Gasteiger partial charge on any atom is -0.497 e. The highest BCUT2D eigenvalue weighted by Crippen LogP contribution is 2.27. The topological polar surface area (TPSA) is 78.8 Å². The summed E-state index contributed by atoms with van der Waals surface area (Å²) in [5.41, 5.74) is 1.70. The number of nitrogens with zero attached hydrogens (tertiary/aromatic N) is 1. The quantitative estimate of drug-likeness (QED) is 0.467. The van der Waals surface area contributed by atoms with Crippen LogP contribution < -0.4 is 25.1 Å². The molecule has 0 spiro atoms. The number of nitrogens with one attached hydrogen (secondary N) is 1. The van der Waals surface area contributed by atoms with Crippen molar-refractivity contribution in [3.05, 3.63) is 94.4 Å². The van der Waals surface area contributed by atoms with Crippen molar-refractivity contribution in [2.75, 3.05) is 21.3 Å². The highest BCUT2D eigenvalue weighted by atomic mass is 16.5. The van der Waals surface area contributed by atoms with Crippen molar-refractivity contribution in [2.24, 2.45) is 0 Å². The molecule has 7 nitrogen and oxygen atoms in total. The summed E-state index contributed by atoms with van der Waals surface area (Å²) in [5.74, 6) is 1.59. The number of hydrogen-bond acceptors (Lipinski definition) is 5. The summed E-state index contributed by atoms with van der Waals surface area (Å²) >= 11 is 0. The van der Waals surface area contributed by atoms with Crippen LogP contribution in [0.1, 0.15) is 15.9 Å². The number of fused-ring (bicyclic) bond motifs is 1. The van der Waals surface area contributed by atoms with Gasteiger partial charge in [0.2, 0.25) is 0 Å². The van der Waals surface area contributed by atoms with Gasteiger partial charge >= 0.3 is 0 Å². The summed E-state index contributed by atoms with van der Waals surface area (Å²) < 4.78 is 17.3. The Morgan fingerprint density at radius 3 is 2.21 bits per heavy atom. The Balaban J connectivity index is 1.70. The molecule has 1 aromatic heterocycles. The predicted molar refractivity (Wildman–Crippen MR) is 127 cm³/mol. The van der Waals surface area contributed by atoms with Crippen molar-refractivity contribution < 1.29 is 19.0 Å². The zero-order valence-electron chi connectivity index (χ0n) is 18.6. The third-order valence-electron chi connectivity index (χ3n) is 5.42. The lowest BCUT2D eigenvalue weighted by Crippen LogP contribution is -2.27. The monoisotopic (exact) mass is 444 g/mol. The first-order chi connectivity index (χ1) is 16.0. The lowest BCUT2D eigenvalue weighted by atomic mass is 10.1. The standard InChI is InChI=1S/C26H24N2O5/c1-31-19-11-9-18(10-12-19)28-16-22(20-6-4-5-7-21(20)26(28)30)25(29)27-15-17-8-13-23(32-2)24(14-17)33-3/h4-14,16H,15H2,1-3H3,(H,27,29). The lowest BCUT2D eigenvalue weighted by Gasteiger charge is -2.14. The molecule has 1 heterocycles. The minimum atomic E-state index is -0.289. The molecule has 1 N–H and O–H groups in total. The van der Waals surface area contributed by atoms with E-state index in [2.05, 4.69) is 5.32 Å². The summed E-state index contributed by atoms with van der Waals surface area (Å²) in [7, 11) is 4.72. The second kappa shape index (κ2) is 9.48. The Morgan fingerprint density at radius 2 is 1.55 bits per heavy atom. The number of ether oxygens (including phenoxy) is 3. The van der Waals surface area contributed by atoms with E-state index < -0.39 is 0 Å². The molecule has 7 heteroatoms. The van der Waals surface area contributed by atoms with Gasteiger partial charge in [-0.3, -0.25) is 14.2 Å². The molecule has 0 saturated carbocycles. The molecule has 0 aliphatic heterocycles. The fourth-order valence-electron chi connectivity index (χ4n) is 3.68. The van der Waals surface area contributed by atoms with Crippen LogP contribution in [0, 0.1) is 0 Å². The van der Waals surface area contributed by atoms with Crippen LogP contribution >= 0.6 is 0 Å². The van der Waals surface area contributed by atoms with Crippen molar-refractivity contribution in [3.63, 3.8) is 0 Å². The summed E-state index contributed by atoms with van der Waals surface area (Å²) in [5, 5.41) is 4.00. The van der Waals surface area contributed by atoms with E-state index in [0.29, 0.717) is 39.3 Å². The van der Waals surface area contributed by atoms with Gasteiger partial charge in [0.25, 0.3) is 11.5 Å². The fourth-order valence-corrected chi connectivity index (χ4v) is 3.68. The maximum absolute atomic E-state index is 13.2. The molecule has 0 saturated heterocycles. The van der Waals surface area contributed by atoms with Gasteiger partial charge < -0.3 is 19.5 Å². The first-order valence-corrected chi connectivity index (χ1v) is 10.3. The smallest absolute Gasteiger partial charge is 0.262 e. The van der Waals surface area contributed by atoms with E-state index >= 15 is 0 Å². The number of rotatable bonds is 7. The molecule has 4 rings (SSSR count). The van der Waals surface area contributed by atoms with Crippen LogP contribution in [-0.4, -0.2) is 31.8 Å². The molecule has 33 heavy (non-hydrogen) atoms. The zero-order valence-corrected chi connectivity index (χ0v) is 18.6. The van der Waals surface area contributed by atoms with Crippen LogP contribution in [0.15, 0.2) is 77.7 Å². The molecule has 168 valence electrons. The molecule has 4 aromatic rings. The first kappa shape index (κ1) is 22.0. The Labute approximate surface area is 191 Å². The molecule has 0 radical (unpaired) electrons. The minimum absolute atomic E-state index is 0.202. The molecule has 3 aromatic carbocycles. The fraction of sp³-hybridized carbons (Fsp3) is 0.154. The number of benzene rings is 3. The Morgan fingerprint density at radius 1 is 0.848 bits per heavy atom. The molecule has 1 amide bonds. The summed E-state index contributed by atoms with van der Waals surface area (Å²) in [4.78, 5) is 26.3. The number of amides is 1. The van der Waals surface area contributed by atoms with E-state index in [1.165, 1.54) is 4.57 Å². The van der Waals surface area contributed by atoms with Crippen LogP contribution in [-0.2, 0) is 6.54 Å². The van der Waals surface area contributed by atoms with E-state index in [4.69, 9.17) is 14.2 Å². The van der Waals surface area contributed by atoms with Crippen molar-refractivity contribution >= 4 is 16.7 Å². The van der Waals surface area contributed by atoms with Gasteiger partial charge in [-0.05, 0) is 48.0 Å². The van der Waals surface area contributed by atoms with Crippen LogP contribution in [0.25, 0.3) is 16.5 Å². The van der Waals surface area contributed by atoms with Crippen molar-refractivity contribution in [1.82, 2.24) is 9.88 Å². The van der Waals surface area contributed by atoms with Gasteiger partial charge in [-0.1, -0.05) is 24.3 Å². The van der Waals surface area contributed by atoms with Crippen molar-refractivity contribution in [2.45, 2.75) is 6.54 Å². The van der Waals surface area contributed by atoms with E-state index in [0.717, 1.165) is 5.56 Å². The molecular weight excluding hydrogens is 420 g/mol. The molecule has 0 fully saturated rings. The molecule has 0 aliphatic rings. The van der Waals surface area contributed by atoms with Gasteiger partial charge in [-0.2, -0.15) is 0 Å². The number of aromatic nitrogens is 1. The molecule has 0 bridgehead atoms. The second-order valence-corrected chi connectivity index (χ2v) is 7.33. The van der Waals surface area contributed by atoms with E-state index in [1.54, 1.807) is 76.1 Å². The SMILES string of the molecule is COc1ccc(-n2cc(C(=O)NCc3ccc(OC)c(OC)c3)c3ccccc3c2=O)cc1. The van der Waals surface area contributed by atoms with Crippen LogP contribution in [0.2, 0.25) is 0 Å². The number of hydrogen-bond donors (Lipinski definition) is 1. The highest BCUT2D eigenvalue weighted by Gasteiger charge is 2.16. The number of methoxy groups -OCH3 is 3. The predicted octanol–water partition coefficient (Wildman–Crippen LogP) is 3.95. The zero-order chi connectivity index (χ0) is 23.4. The lowest BCUT2D eigenvalue weighted by molar-refractivity contribution is 0.0952. The average Bonchev–Trinajstić information content (AvgIpc) is 2.87. The van der Waals surface area contributed by atoms with Crippen LogP contribution in [0.3, 0.4) is 0 Å². The van der Waals surface area contributed by atoms with Crippen molar-refractivity contribution in [3.8, 4) is 22.9 Å². The van der Waals surface area contributed by atoms with Gasteiger partial charge in [-0.15, -0.1) is 0 Å². The van der Waals surface area contributed by atoms with Crippen LogP contribution in [0.4, 0.5) is 0 Å². The molecule has 0 atom stereocenters. The third kappa shape index (κ3) is 4.39. The van der Waals surface area contributed by atoms with E-state index in [1.807, 2.05) is 18.2 Å². The second-order valence-electron chi connectivity index (χ2n) is 7.33. The maximum atomic E-state index is 13.2. The largest absolute Gasteiger partial charge is 0.497 e. The van der Waals surface area contributed by atoms with E-state index in [9.17, 15) is 9.59 Å². The summed E-state index contributed by atoms with van der Waals surface area (Å²) in [6.07, 6.45) is 1.58. The van der Waals surface area contributed by atoms with Gasteiger partial charge in [0.05, 0.1) is 26.9 Å². The maximum Gasteiger partial charge on any atom is 0.262 e. The molecule has 0 aliphatic carbocycles. The Bertz CT molecular complexity index is 1360. The van der Waals surface area contributed by atoms with Gasteiger partial charge in [-0.25, -0.2) is 0 Å². The molecular formula is C26H24N2O5. The number of pyridine rings is 1. The summed E-state index contributed by atoms with van der Waals surface area (Å²) in [6, 6.07) is 19.7. The normalized spacial score (nSPS) is 10.6. The highest BCUT2D eigenvalue weighted by molar-refractivity contribution is 6.06. The van der Waals surface area contributed by atoms with Gasteiger partial charge in [0.15, 0.2) is 11.5 Å². The van der Waals surface area contributed by atoms with Gasteiger partial charge in [0.1, 0.15) is 5.75 Å². The molecule has 0 unspecified atom stereocenters. The van der Waals surface area contributed by atoms with Crippen molar-refractivity contribution in [1.29, 1.82) is 0 Å². The number of carbonyl (C=O) groups is 1. The van der Waals surface area contributed by atoms with Gasteiger partial charge in [0, 0.05) is 29.2 Å². The number of carbonyl (C=O) groups excluding carboxylic acids is 1. The first-order valence-electron chi connectivity index (χ1n) is 10.3. The average molecular weight is 444 g/mol.